The Bertz CT molecular complexity index is 1240. The van der Waals surface area contributed by atoms with E-state index in [0.717, 1.165) is 11.1 Å². The lowest BCUT2D eigenvalue weighted by Gasteiger charge is -2.49. The third-order valence-corrected chi connectivity index (χ3v) is 17.8. The number of fused-ring (bicyclic) bond motifs is 1. The molecule has 0 aromatic heterocycles. The fourth-order valence-electron chi connectivity index (χ4n) is 4.95. The predicted molar refractivity (Wildman–Crippen MR) is 175 cm³/mol. The van der Waals surface area contributed by atoms with Gasteiger partial charge in [0.1, 0.15) is 18.2 Å². The summed E-state index contributed by atoms with van der Waals surface area (Å²) in [6, 6.07) is 5.85. The molecular weight excluding hydrogens is 591 g/mol. The van der Waals surface area contributed by atoms with E-state index >= 15 is 0 Å². The van der Waals surface area contributed by atoms with Gasteiger partial charge in [0, 0.05) is 6.26 Å². The van der Waals surface area contributed by atoms with E-state index in [9.17, 15) is 10.1 Å². The van der Waals surface area contributed by atoms with E-state index in [1.54, 1.807) is 14.0 Å². The Morgan fingerprint density at radius 3 is 2.15 bits per heavy atom. The standard InChI is InChI=1S/C29H49NO7SSi3/c1-15-33-28(31)24(19-30)23-18-29(3,4)25-17-26(32-5)27(16-22(23)25)34-20-21(2)38(6,35-39(7,8)9)36-41(13,14)37-40(10,11)12/h16-17H,2,15,18,20H2,1,3-14H3/b24-23+. The molecule has 1 aliphatic rings. The lowest BCUT2D eigenvalue weighted by atomic mass is 9.86. The van der Waals surface area contributed by atoms with Gasteiger partial charge in [-0.1, -0.05) is 20.4 Å². The summed E-state index contributed by atoms with van der Waals surface area (Å²) in [6.45, 7) is 27.5. The number of rotatable bonds is 13. The zero-order chi connectivity index (χ0) is 31.6. The maximum Gasteiger partial charge on any atom is 0.349 e. The Morgan fingerprint density at radius 1 is 1.05 bits per heavy atom. The zero-order valence-corrected chi connectivity index (χ0v) is 31.0. The summed E-state index contributed by atoms with van der Waals surface area (Å²) >= 11 is 0. The van der Waals surface area contributed by atoms with Crippen molar-refractivity contribution in [3.8, 4) is 17.6 Å². The van der Waals surface area contributed by atoms with E-state index in [2.05, 4.69) is 65.8 Å². The van der Waals surface area contributed by atoms with Crippen molar-refractivity contribution < 1.29 is 30.9 Å². The molecule has 1 aromatic carbocycles. The van der Waals surface area contributed by atoms with Gasteiger partial charge in [0.05, 0.1) is 18.6 Å². The number of carbonyl (C=O) groups is 1. The number of ether oxygens (including phenoxy) is 3. The molecule has 12 heteroatoms. The normalized spacial score (nSPS) is 18.4. The summed E-state index contributed by atoms with van der Waals surface area (Å²) in [5.74, 6) is 0.419. The quantitative estimate of drug-likeness (QED) is 0.0934. The van der Waals surface area contributed by atoms with Crippen molar-refractivity contribution in [3.63, 3.8) is 0 Å². The van der Waals surface area contributed by atoms with E-state index < -0.39 is 41.8 Å². The Morgan fingerprint density at radius 2 is 1.66 bits per heavy atom. The molecule has 0 radical (unpaired) electrons. The molecule has 0 saturated heterocycles. The number of nitriles is 1. The third kappa shape index (κ3) is 9.31. The summed E-state index contributed by atoms with van der Waals surface area (Å²) in [5, 5.41) is 9.87. The van der Waals surface area contributed by atoms with Crippen molar-refractivity contribution >= 4 is 47.3 Å². The van der Waals surface area contributed by atoms with Gasteiger partial charge in [-0.15, -0.1) is 0 Å². The van der Waals surface area contributed by atoms with E-state index in [4.69, 9.17) is 26.1 Å². The number of carbonyl (C=O) groups excluding carboxylic acids is 1. The van der Waals surface area contributed by atoms with Crippen LogP contribution in [-0.4, -0.2) is 57.7 Å². The zero-order valence-electron chi connectivity index (χ0n) is 27.2. The fourth-order valence-corrected chi connectivity index (χ4v) is 19.8. The number of hydrogen-bond donors (Lipinski definition) is 0. The number of allylic oxidation sites excluding steroid dienone is 1. The number of methoxy groups -OCH3 is 1. The first-order valence-electron chi connectivity index (χ1n) is 13.8. The van der Waals surface area contributed by atoms with Crippen LogP contribution in [0.1, 0.15) is 38.3 Å². The Labute approximate surface area is 252 Å². The number of esters is 1. The van der Waals surface area contributed by atoms with Crippen LogP contribution in [0.2, 0.25) is 52.4 Å². The van der Waals surface area contributed by atoms with Crippen molar-refractivity contribution in [1.29, 1.82) is 5.26 Å². The first kappa shape index (κ1) is 35.3. The SMILES string of the molecule is C=C(COc1cc2c(cc1OC)C(C)(C)C/C2=C(/C#N)C(=O)OCC)S(C)(O[Si](C)(C)C)O[Si](C)(C)O[Si](C)(C)C. The van der Waals surface area contributed by atoms with Gasteiger partial charge >= 0.3 is 14.5 Å². The maximum absolute atomic E-state index is 12.6. The van der Waals surface area contributed by atoms with E-state index in [0.29, 0.717) is 28.4 Å². The average molecular weight is 640 g/mol. The van der Waals surface area contributed by atoms with E-state index in [-0.39, 0.29) is 24.2 Å². The summed E-state index contributed by atoms with van der Waals surface area (Å²) in [7, 11) is -7.09. The molecule has 0 amide bonds. The molecule has 230 valence electrons. The van der Waals surface area contributed by atoms with E-state index in [1.165, 1.54) is 0 Å². The lowest BCUT2D eigenvalue weighted by Crippen LogP contribution is -2.46. The van der Waals surface area contributed by atoms with Gasteiger partial charge in [0.15, 0.2) is 19.8 Å². The molecule has 0 fully saturated rings. The Hall–Kier alpha value is -1.86. The summed E-state index contributed by atoms with van der Waals surface area (Å²) < 4.78 is 37.1. The minimum absolute atomic E-state index is 0.0164. The second kappa shape index (κ2) is 12.8. The average Bonchev–Trinajstić information content (AvgIpc) is 3.03. The van der Waals surface area contributed by atoms with Crippen molar-refractivity contribution in [1.82, 2.24) is 0 Å². The summed E-state index contributed by atoms with van der Waals surface area (Å²) in [6.07, 6.45) is 2.49. The molecule has 0 bridgehead atoms. The highest BCUT2D eigenvalue weighted by atomic mass is 32.3. The molecule has 0 spiro atoms. The highest BCUT2D eigenvalue weighted by Gasteiger charge is 2.41. The first-order valence-corrected chi connectivity index (χ1v) is 25.3. The lowest BCUT2D eigenvalue weighted by molar-refractivity contribution is -0.137. The van der Waals surface area contributed by atoms with E-state index in [1.807, 2.05) is 31.5 Å². The third-order valence-electron chi connectivity index (χ3n) is 6.10. The van der Waals surface area contributed by atoms with Crippen molar-refractivity contribution in [2.45, 2.75) is 85.0 Å². The first-order chi connectivity index (χ1) is 18.6. The molecule has 2 rings (SSSR count). The van der Waals surface area contributed by atoms with Gasteiger partial charge in [-0.25, -0.2) is 4.79 Å². The van der Waals surface area contributed by atoms with Crippen molar-refractivity contribution in [2.75, 3.05) is 26.6 Å². The van der Waals surface area contributed by atoms with Gasteiger partial charge in [0.2, 0.25) is 8.32 Å². The minimum atomic E-state index is -2.56. The van der Waals surface area contributed by atoms with Gasteiger partial charge in [0.25, 0.3) is 0 Å². The van der Waals surface area contributed by atoms with Crippen LogP contribution in [0.3, 0.4) is 0 Å². The number of nitrogens with zero attached hydrogens (tertiary/aromatic N) is 1. The Kier molecular flexibility index (Phi) is 11.0. The molecule has 1 unspecified atom stereocenters. The molecule has 41 heavy (non-hydrogen) atoms. The monoisotopic (exact) mass is 639 g/mol. The number of benzene rings is 1. The van der Waals surface area contributed by atoms with Crippen LogP contribution >= 0.6 is 10.6 Å². The van der Waals surface area contributed by atoms with Crippen LogP contribution in [0.4, 0.5) is 0 Å². The predicted octanol–water partition coefficient (Wildman–Crippen LogP) is 7.80. The van der Waals surface area contributed by atoms with Crippen LogP contribution in [0.5, 0.6) is 11.5 Å². The van der Waals surface area contributed by atoms with Gasteiger partial charge in [-0.3, -0.25) is 3.87 Å². The fraction of sp³-hybridized carbons (Fsp3) is 0.586. The van der Waals surface area contributed by atoms with Crippen LogP contribution in [-0.2, 0) is 26.8 Å². The largest absolute Gasteiger partial charge is 0.493 e. The van der Waals surface area contributed by atoms with Gasteiger partial charge < -0.3 is 22.2 Å². The van der Waals surface area contributed by atoms with Gasteiger partial charge in [-0.2, -0.15) is 15.9 Å². The minimum Gasteiger partial charge on any atom is -0.493 e. The highest BCUT2D eigenvalue weighted by molar-refractivity contribution is 8.29. The molecule has 8 nitrogen and oxygen atoms in total. The smallest absolute Gasteiger partial charge is 0.349 e. The molecule has 1 aliphatic carbocycles. The summed E-state index contributed by atoms with van der Waals surface area (Å²) in [5.41, 5.74) is 2.10. The van der Waals surface area contributed by atoms with Crippen LogP contribution in [0, 0.1) is 11.3 Å². The topological polar surface area (TPSA) is 96.2 Å². The molecule has 0 aliphatic heterocycles. The second-order valence-corrected chi connectivity index (χ2v) is 28.8. The highest BCUT2D eigenvalue weighted by Crippen LogP contribution is 2.58. The summed E-state index contributed by atoms with van der Waals surface area (Å²) in [4.78, 5) is 13.3. The van der Waals surface area contributed by atoms with Crippen LogP contribution < -0.4 is 9.47 Å². The van der Waals surface area contributed by atoms with Crippen molar-refractivity contribution in [3.05, 3.63) is 40.3 Å². The molecule has 1 aromatic rings. The molecule has 0 saturated carbocycles. The molecule has 0 heterocycles. The second-order valence-electron chi connectivity index (χ2n) is 13.3. The maximum atomic E-state index is 12.6. The Balaban J connectivity index is 2.50. The van der Waals surface area contributed by atoms with Crippen LogP contribution in [0.25, 0.3) is 5.57 Å². The van der Waals surface area contributed by atoms with Gasteiger partial charge in [-0.05, 0) is 100.0 Å². The molecular formula is C29H49NO7SSi3. The van der Waals surface area contributed by atoms with Crippen molar-refractivity contribution in [2.24, 2.45) is 0 Å². The molecule has 1 atom stereocenters. The van der Waals surface area contributed by atoms with Crippen LogP contribution in [0.15, 0.2) is 29.2 Å². The molecule has 0 N–H and O–H groups in total. The number of hydrogen-bond acceptors (Lipinski definition) is 8.